The van der Waals surface area contributed by atoms with Crippen LogP contribution in [0.3, 0.4) is 0 Å². The summed E-state index contributed by atoms with van der Waals surface area (Å²) in [7, 11) is -3.71. The summed E-state index contributed by atoms with van der Waals surface area (Å²) in [5, 5.41) is 11.7. The van der Waals surface area contributed by atoms with E-state index in [1.54, 1.807) is 12.1 Å². The Kier molecular flexibility index (Phi) is 7.17. The average Bonchev–Trinajstić information content (AvgIpc) is 2.63. The Hall–Kier alpha value is -2.38. The van der Waals surface area contributed by atoms with Gasteiger partial charge in [0.1, 0.15) is 0 Å². The first kappa shape index (κ1) is 19.9. The Bertz CT molecular complexity index is 863. The minimum absolute atomic E-state index is 0.0973. The van der Waals surface area contributed by atoms with E-state index in [0.717, 1.165) is 18.5 Å². The predicted octanol–water partition coefficient (Wildman–Crippen LogP) is 2.15. The van der Waals surface area contributed by atoms with Gasteiger partial charge in [0.05, 0.1) is 11.4 Å². The molecule has 0 radical (unpaired) electrons. The Labute approximate surface area is 155 Å². The molecule has 2 rings (SSSR count). The molecule has 0 aromatic heterocycles. The third-order valence-electron chi connectivity index (χ3n) is 3.94. The van der Waals surface area contributed by atoms with E-state index in [4.69, 9.17) is 5.14 Å². The fourth-order valence-electron chi connectivity index (χ4n) is 2.59. The van der Waals surface area contributed by atoms with Crippen LogP contribution in [0.15, 0.2) is 58.4 Å². The average molecular weight is 375 g/mol. The van der Waals surface area contributed by atoms with Gasteiger partial charge in [0.2, 0.25) is 10.0 Å². The van der Waals surface area contributed by atoms with Crippen molar-refractivity contribution in [3.63, 3.8) is 0 Å². The van der Waals surface area contributed by atoms with Crippen LogP contribution < -0.4 is 15.8 Å². The molecule has 0 saturated heterocycles. The Morgan fingerprint density at radius 3 is 2.42 bits per heavy atom. The van der Waals surface area contributed by atoms with Crippen LogP contribution in [-0.4, -0.2) is 20.9 Å². The van der Waals surface area contributed by atoms with Crippen molar-refractivity contribution < 1.29 is 8.42 Å². The SMILES string of the molecule is CCNC(=NCc1cccc(S(N)(=O)=O)c1)NCc1ccccc1CC. The molecular weight excluding hydrogens is 348 g/mol. The lowest BCUT2D eigenvalue weighted by molar-refractivity contribution is 0.597. The van der Waals surface area contributed by atoms with Crippen molar-refractivity contribution in [2.45, 2.75) is 38.3 Å². The summed E-state index contributed by atoms with van der Waals surface area (Å²) in [6, 6.07) is 14.8. The van der Waals surface area contributed by atoms with Gasteiger partial charge in [-0.25, -0.2) is 18.5 Å². The molecule has 0 heterocycles. The quantitative estimate of drug-likeness (QED) is 0.511. The van der Waals surface area contributed by atoms with E-state index in [9.17, 15) is 8.42 Å². The molecule has 0 unspecified atom stereocenters. The second kappa shape index (κ2) is 9.35. The first-order valence-corrected chi connectivity index (χ1v) is 10.2. The molecule has 7 heteroatoms. The molecule has 4 N–H and O–H groups in total. The highest BCUT2D eigenvalue weighted by atomic mass is 32.2. The molecule has 2 aromatic rings. The van der Waals surface area contributed by atoms with Crippen molar-refractivity contribution in [2.24, 2.45) is 10.1 Å². The maximum atomic E-state index is 11.5. The smallest absolute Gasteiger partial charge is 0.238 e. The Morgan fingerprint density at radius 1 is 1.04 bits per heavy atom. The number of sulfonamides is 1. The van der Waals surface area contributed by atoms with Crippen molar-refractivity contribution in [3.05, 3.63) is 65.2 Å². The van der Waals surface area contributed by atoms with Gasteiger partial charge in [-0.3, -0.25) is 0 Å². The van der Waals surface area contributed by atoms with Crippen molar-refractivity contribution in [3.8, 4) is 0 Å². The summed E-state index contributed by atoms with van der Waals surface area (Å²) in [6.45, 7) is 5.90. The lowest BCUT2D eigenvalue weighted by Gasteiger charge is -2.13. The molecule has 0 aliphatic heterocycles. The maximum absolute atomic E-state index is 11.5. The summed E-state index contributed by atoms with van der Waals surface area (Å²) in [4.78, 5) is 4.63. The van der Waals surface area contributed by atoms with E-state index in [1.165, 1.54) is 17.2 Å². The van der Waals surface area contributed by atoms with Gasteiger partial charge in [0.15, 0.2) is 5.96 Å². The molecule has 0 fully saturated rings. The van der Waals surface area contributed by atoms with Crippen molar-refractivity contribution in [1.29, 1.82) is 0 Å². The third-order valence-corrected chi connectivity index (χ3v) is 4.85. The lowest BCUT2D eigenvalue weighted by atomic mass is 10.1. The number of hydrogen-bond donors (Lipinski definition) is 3. The molecule has 6 nitrogen and oxygen atoms in total. The molecule has 2 aromatic carbocycles. The van der Waals surface area contributed by atoms with E-state index in [2.05, 4.69) is 34.7 Å². The Morgan fingerprint density at radius 2 is 1.77 bits per heavy atom. The van der Waals surface area contributed by atoms with Crippen LogP contribution in [0.25, 0.3) is 0 Å². The van der Waals surface area contributed by atoms with Crippen LogP contribution in [0.2, 0.25) is 0 Å². The topological polar surface area (TPSA) is 96.6 Å². The van der Waals surface area contributed by atoms with Crippen LogP contribution in [0.4, 0.5) is 0 Å². The minimum Gasteiger partial charge on any atom is -0.357 e. The zero-order valence-corrected chi connectivity index (χ0v) is 16.0. The number of primary sulfonamides is 1. The fourth-order valence-corrected chi connectivity index (χ4v) is 3.17. The van der Waals surface area contributed by atoms with Gasteiger partial charge in [-0.15, -0.1) is 0 Å². The summed E-state index contributed by atoms with van der Waals surface area (Å²) >= 11 is 0. The van der Waals surface area contributed by atoms with Gasteiger partial charge in [-0.2, -0.15) is 0 Å². The monoisotopic (exact) mass is 374 g/mol. The van der Waals surface area contributed by atoms with Gasteiger partial charge < -0.3 is 10.6 Å². The van der Waals surface area contributed by atoms with E-state index in [-0.39, 0.29) is 4.90 Å². The van der Waals surface area contributed by atoms with Gasteiger partial charge in [0, 0.05) is 13.1 Å². The van der Waals surface area contributed by atoms with Crippen molar-refractivity contribution in [1.82, 2.24) is 10.6 Å². The molecule has 140 valence electrons. The zero-order chi connectivity index (χ0) is 19.0. The maximum Gasteiger partial charge on any atom is 0.238 e. The molecule has 0 amide bonds. The third kappa shape index (κ3) is 5.86. The van der Waals surface area contributed by atoms with Gasteiger partial charge in [0.25, 0.3) is 0 Å². The number of aryl methyl sites for hydroxylation is 1. The number of aliphatic imine (C=N–C) groups is 1. The molecule has 0 saturated carbocycles. The summed E-state index contributed by atoms with van der Waals surface area (Å²) in [5.74, 6) is 0.680. The van der Waals surface area contributed by atoms with Crippen molar-refractivity contribution in [2.75, 3.05) is 6.54 Å². The Balaban J connectivity index is 2.09. The highest BCUT2D eigenvalue weighted by Gasteiger charge is 2.08. The molecular formula is C19H26N4O2S. The highest BCUT2D eigenvalue weighted by molar-refractivity contribution is 7.89. The standard InChI is InChI=1S/C19H26N4O2S/c1-3-16-9-5-6-10-17(16)14-23-19(21-4-2)22-13-15-8-7-11-18(12-15)26(20,24)25/h5-12H,3-4,13-14H2,1-2H3,(H2,20,24,25)(H2,21,22,23). The van der Waals surface area contributed by atoms with E-state index in [1.807, 2.05) is 25.1 Å². The molecule has 0 aliphatic rings. The zero-order valence-electron chi connectivity index (χ0n) is 15.2. The molecule has 0 bridgehead atoms. The largest absolute Gasteiger partial charge is 0.357 e. The molecule has 0 spiro atoms. The number of hydrogen-bond acceptors (Lipinski definition) is 3. The molecule has 0 aliphatic carbocycles. The van der Waals surface area contributed by atoms with E-state index >= 15 is 0 Å². The first-order chi connectivity index (χ1) is 12.4. The number of nitrogens with one attached hydrogen (secondary N) is 2. The van der Waals surface area contributed by atoms with Gasteiger partial charge in [-0.1, -0.05) is 43.3 Å². The number of guanidine groups is 1. The summed E-state index contributed by atoms with van der Waals surface area (Å²) in [5.41, 5.74) is 3.32. The van der Waals surface area contributed by atoms with Crippen LogP contribution in [0.1, 0.15) is 30.5 Å². The minimum atomic E-state index is -3.71. The second-order valence-corrected chi connectivity index (χ2v) is 7.42. The van der Waals surface area contributed by atoms with Gasteiger partial charge >= 0.3 is 0 Å². The lowest BCUT2D eigenvalue weighted by Crippen LogP contribution is -2.37. The number of nitrogens with zero attached hydrogens (tertiary/aromatic N) is 1. The highest BCUT2D eigenvalue weighted by Crippen LogP contribution is 2.11. The van der Waals surface area contributed by atoms with Crippen LogP contribution in [0.5, 0.6) is 0 Å². The van der Waals surface area contributed by atoms with Crippen LogP contribution in [0, 0.1) is 0 Å². The van der Waals surface area contributed by atoms with Crippen LogP contribution >= 0.6 is 0 Å². The molecule has 26 heavy (non-hydrogen) atoms. The predicted molar refractivity (Wildman–Crippen MR) is 105 cm³/mol. The second-order valence-electron chi connectivity index (χ2n) is 5.86. The van der Waals surface area contributed by atoms with Crippen LogP contribution in [-0.2, 0) is 29.5 Å². The van der Waals surface area contributed by atoms with E-state index < -0.39 is 10.0 Å². The number of rotatable bonds is 7. The van der Waals surface area contributed by atoms with E-state index in [0.29, 0.717) is 19.0 Å². The normalized spacial score (nSPS) is 12.0. The van der Waals surface area contributed by atoms with Crippen molar-refractivity contribution >= 4 is 16.0 Å². The first-order valence-electron chi connectivity index (χ1n) is 8.64. The number of nitrogens with two attached hydrogens (primary N) is 1. The summed E-state index contributed by atoms with van der Waals surface area (Å²) in [6.07, 6.45) is 0.978. The van der Waals surface area contributed by atoms with Gasteiger partial charge in [-0.05, 0) is 42.2 Å². The molecule has 0 atom stereocenters. The fraction of sp³-hybridized carbons (Fsp3) is 0.316. The summed E-state index contributed by atoms with van der Waals surface area (Å²) < 4.78 is 22.9. The number of benzene rings is 2.